The number of rotatable bonds is 10. The van der Waals surface area contributed by atoms with E-state index in [2.05, 4.69) is 11.3 Å². The van der Waals surface area contributed by atoms with Crippen LogP contribution >= 0.6 is 0 Å². The van der Waals surface area contributed by atoms with Gasteiger partial charge in [-0.05, 0) is 50.0 Å². The van der Waals surface area contributed by atoms with Crippen molar-refractivity contribution in [3.8, 4) is 11.5 Å². The maximum absolute atomic E-state index is 13.2. The van der Waals surface area contributed by atoms with Crippen LogP contribution in [-0.4, -0.2) is 79.6 Å². The molecule has 4 aliphatic rings. The Balaban J connectivity index is 1.35. The van der Waals surface area contributed by atoms with Crippen LogP contribution in [0, 0.1) is 11.8 Å². The SMILES string of the molecule is C=CC1(Oc2cc(C(=O)OC3C4OC(=O)C5C4OC3C5C(=O)OCCS(=O)(=O)[O-])ccc2OC(F)(F)F)CCCC1. The number of carbonyl (C=O) groups excluding carboxylic acids is 3. The molecule has 0 aromatic heterocycles. The van der Waals surface area contributed by atoms with E-state index in [1.807, 2.05) is 0 Å². The fourth-order valence-electron chi connectivity index (χ4n) is 5.74. The van der Waals surface area contributed by atoms with Crippen LogP contribution in [0.5, 0.6) is 11.5 Å². The second-order valence-corrected chi connectivity index (χ2v) is 11.6. The van der Waals surface area contributed by atoms with Crippen LogP contribution in [0.3, 0.4) is 0 Å². The topological polar surface area (TPSA) is 164 Å². The highest BCUT2D eigenvalue weighted by Gasteiger charge is 2.72. The number of fused-ring (bicyclic) bond motifs is 1. The highest BCUT2D eigenvalue weighted by Crippen LogP contribution is 2.51. The van der Waals surface area contributed by atoms with Crippen LogP contribution in [0.2, 0.25) is 0 Å². The number of benzene rings is 1. The molecule has 16 heteroatoms. The molecule has 41 heavy (non-hydrogen) atoms. The molecule has 3 saturated heterocycles. The van der Waals surface area contributed by atoms with Gasteiger partial charge in [0.2, 0.25) is 0 Å². The van der Waals surface area contributed by atoms with Crippen LogP contribution in [-0.2, 0) is 38.7 Å². The van der Waals surface area contributed by atoms with Gasteiger partial charge < -0.3 is 33.0 Å². The van der Waals surface area contributed by atoms with E-state index in [0.29, 0.717) is 12.8 Å². The molecule has 12 nitrogen and oxygen atoms in total. The first-order valence-corrected chi connectivity index (χ1v) is 14.2. The summed E-state index contributed by atoms with van der Waals surface area (Å²) >= 11 is 0. The lowest BCUT2D eigenvalue weighted by Crippen LogP contribution is -2.48. The first kappa shape index (κ1) is 29.1. The van der Waals surface area contributed by atoms with Gasteiger partial charge in [0.25, 0.3) is 0 Å². The van der Waals surface area contributed by atoms with Gasteiger partial charge in [0.15, 0.2) is 23.7 Å². The van der Waals surface area contributed by atoms with Crippen LogP contribution in [0.1, 0.15) is 36.0 Å². The zero-order valence-electron chi connectivity index (χ0n) is 21.2. The number of esters is 3. The summed E-state index contributed by atoms with van der Waals surface area (Å²) in [6.45, 7) is 2.97. The molecule has 6 unspecified atom stereocenters. The molecule has 224 valence electrons. The maximum atomic E-state index is 13.2. The highest BCUT2D eigenvalue weighted by atomic mass is 32.2. The van der Waals surface area contributed by atoms with Crippen molar-refractivity contribution in [2.45, 2.75) is 62.1 Å². The van der Waals surface area contributed by atoms with Crippen molar-refractivity contribution in [2.75, 3.05) is 12.4 Å². The van der Waals surface area contributed by atoms with Crippen molar-refractivity contribution >= 4 is 28.0 Å². The van der Waals surface area contributed by atoms with Gasteiger partial charge in [-0.2, -0.15) is 0 Å². The molecule has 2 bridgehead atoms. The van der Waals surface area contributed by atoms with Gasteiger partial charge in [0.1, 0.15) is 36.3 Å². The van der Waals surface area contributed by atoms with Crippen LogP contribution in [0.15, 0.2) is 30.9 Å². The number of hydrogen-bond donors (Lipinski definition) is 0. The molecule has 5 rings (SSSR count). The van der Waals surface area contributed by atoms with E-state index < -0.39 is 94.4 Å². The Labute approximate surface area is 231 Å². The third-order valence-corrected chi connectivity index (χ3v) is 8.20. The largest absolute Gasteiger partial charge is 0.748 e. The molecule has 4 fully saturated rings. The normalized spacial score (nSPS) is 29.6. The molecule has 3 aliphatic heterocycles. The van der Waals surface area contributed by atoms with Gasteiger partial charge in [0.05, 0.1) is 21.4 Å². The molecule has 1 aromatic rings. The van der Waals surface area contributed by atoms with Crippen molar-refractivity contribution in [1.82, 2.24) is 0 Å². The smallest absolute Gasteiger partial charge is 0.573 e. The van der Waals surface area contributed by atoms with E-state index in [4.69, 9.17) is 23.7 Å². The Kier molecular flexibility index (Phi) is 7.44. The minimum atomic E-state index is -5.04. The molecule has 0 N–H and O–H groups in total. The summed E-state index contributed by atoms with van der Waals surface area (Å²) in [7, 11) is -4.67. The van der Waals surface area contributed by atoms with Crippen LogP contribution < -0.4 is 9.47 Å². The molecule has 0 radical (unpaired) electrons. The minimum absolute atomic E-state index is 0.227. The average Bonchev–Trinajstić information content (AvgIpc) is 3.62. The number of carbonyl (C=O) groups is 3. The van der Waals surface area contributed by atoms with E-state index in [1.165, 1.54) is 6.08 Å². The predicted octanol–water partition coefficient (Wildman–Crippen LogP) is 2.02. The van der Waals surface area contributed by atoms with Crippen molar-refractivity contribution in [2.24, 2.45) is 11.8 Å². The first-order chi connectivity index (χ1) is 19.2. The van der Waals surface area contributed by atoms with Gasteiger partial charge in [-0.3, -0.25) is 9.59 Å². The van der Waals surface area contributed by atoms with Gasteiger partial charge in [-0.25, -0.2) is 13.2 Å². The second kappa shape index (κ2) is 10.5. The molecule has 1 aromatic carbocycles. The van der Waals surface area contributed by atoms with E-state index in [1.54, 1.807) is 0 Å². The molecule has 6 atom stereocenters. The monoisotopic (exact) mass is 605 g/mol. The Morgan fingerprint density at radius 2 is 1.85 bits per heavy atom. The predicted molar refractivity (Wildman–Crippen MR) is 125 cm³/mol. The number of alkyl halides is 3. The summed E-state index contributed by atoms with van der Waals surface area (Å²) < 4.78 is 103. The molecule has 1 aliphatic carbocycles. The third kappa shape index (κ3) is 5.85. The lowest BCUT2D eigenvalue weighted by Gasteiger charge is -2.29. The van der Waals surface area contributed by atoms with Crippen LogP contribution in [0.25, 0.3) is 0 Å². The number of halogens is 3. The van der Waals surface area contributed by atoms with Crippen molar-refractivity contribution < 1.29 is 68.9 Å². The highest BCUT2D eigenvalue weighted by molar-refractivity contribution is 7.85. The molecule has 1 saturated carbocycles. The quantitative estimate of drug-likeness (QED) is 0.165. The maximum Gasteiger partial charge on any atom is 0.573 e. The second-order valence-electron chi connectivity index (χ2n) is 10.1. The van der Waals surface area contributed by atoms with E-state index >= 15 is 0 Å². The molecule has 0 spiro atoms. The Morgan fingerprint density at radius 3 is 2.49 bits per heavy atom. The molecular weight excluding hydrogens is 581 g/mol. The first-order valence-electron chi connectivity index (χ1n) is 12.6. The summed E-state index contributed by atoms with van der Waals surface area (Å²) in [4.78, 5) is 38.3. The minimum Gasteiger partial charge on any atom is -0.748 e. The van der Waals surface area contributed by atoms with E-state index in [-0.39, 0.29) is 11.3 Å². The Bertz CT molecular complexity index is 1350. The van der Waals surface area contributed by atoms with Gasteiger partial charge in [-0.1, -0.05) is 6.58 Å². The molecule has 3 heterocycles. The van der Waals surface area contributed by atoms with Crippen LogP contribution in [0.4, 0.5) is 13.2 Å². The third-order valence-electron chi connectivity index (χ3n) is 7.54. The lowest BCUT2D eigenvalue weighted by atomic mass is 9.78. The summed E-state index contributed by atoms with van der Waals surface area (Å²) in [6.07, 6.45) is -5.56. The number of ether oxygens (including phenoxy) is 6. The summed E-state index contributed by atoms with van der Waals surface area (Å²) in [5, 5.41) is 0. The van der Waals surface area contributed by atoms with Crippen molar-refractivity contribution in [3.63, 3.8) is 0 Å². The standard InChI is InChI=1S/C25H25F3O12S/c1-2-24(7-3-4-8-24)39-14-11-12(5-6-13(14)40-25(26,27)28)21(29)37-19-17-15(22(30)35-9-10-41(32,33)34)16-18(36-17)20(19)38-23(16)31/h2,5-6,11,15-20H,1,3-4,7-10H2,(H,32,33,34)/p-1. The Morgan fingerprint density at radius 1 is 1.15 bits per heavy atom. The summed E-state index contributed by atoms with van der Waals surface area (Å²) in [5.74, 6) is -7.33. The number of hydrogen-bond acceptors (Lipinski definition) is 12. The molecular formula is C25H24F3O12S-. The average molecular weight is 606 g/mol. The van der Waals surface area contributed by atoms with Gasteiger partial charge in [-0.15, -0.1) is 13.2 Å². The van der Waals surface area contributed by atoms with Crippen molar-refractivity contribution in [3.05, 3.63) is 36.4 Å². The Hall–Kier alpha value is -3.37. The van der Waals surface area contributed by atoms with Crippen molar-refractivity contribution in [1.29, 1.82) is 0 Å². The zero-order chi connectivity index (χ0) is 29.7. The zero-order valence-corrected chi connectivity index (χ0v) is 22.0. The summed E-state index contributed by atoms with van der Waals surface area (Å²) in [6, 6.07) is 2.95. The van der Waals surface area contributed by atoms with Gasteiger partial charge >= 0.3 is 24.3 Å². The lowest BCUT2D eigenvalue weighted by molar-refractivity contribution is -0.275. The molecule has 0 amide bonds. The fourth-order valence-corrected chi connectivity index (χ4v) is 6.02. The summed E-state index contributed by atoms with van der Waals surface area (Å²) in [5.41, 5.74) is -1.19. The van der Waals surface area contributed by atoms with Gasteiger partial charge in [0, 0.05) is 0 Å². The van der Waals surface area contributed by atoms with E-state index in [9.17, 15) is 40.5 Å². The van der Waals surface area contributed by atoms with E-state index in [0.717, 1.165) is 31.0 Å². The fraction of sp³-hybridized carbons (Fsp3) is 0.560.